The Morgan fingerprint density at radius 3 is 1.54 bits per heavy atom. The van der Waals surface area contributed by atoms with Crippen molar-refractivity contribution < 1.29 is 18.9 Å². The fraction of sp³-hybridized carbons (Fsp3) is 0.467. The molecule has 9 heteroatoms. The van der Waals surface area contributed by atoms with Crippen LogP contribution in [0.3, 0.4) is 0 Å². The standard InChI is InChI=1S/C15H15I2NO4S2/c1-18(6-8-10-12(14(16)23-8)21-4-2-19-10)7-9-11-13(15(17)24-9)22-5-3-20-11/h2-7H2,1H3. The average molecular weight is 591 g/mol. The van der Waals surface area contributed by atoms with E-state index in [1.54, 1.807) is 22.7 Å². The summed E-state index contributed by atoms with van der Waals surface area (Å²) in [6.07, 6.45) is 0. The van der Waals surface area contributed by atoms with Gasteiger partial charge < -0.3 is 18.9 Å². The van der Waals surface area contributed by atoms with Crippen molar-refractivity contribution >= 4 is 67.9 Å². The summed E-state index contributed by atoms with van der Waals surface area (Å²) in [5, 5.41) is 0. The van der Waals surface area contributed by atoms with Crippen molar-refractivity contribution in [3.05, 3.63) is 15.5 Å². The van der Waals surface area contributed by atoms with Gasteiger partial charge in [-0.15, -0.1) is 22.7 Å². The summed E-state index contributed by atoms with van der Waals surface area (Å²) in [5.41, 5.74) is 0. The highest BCUT2D eigenvalue weighted by Crippen LogP contribution is 2.47. The first-order valence-corrected chi connectivity index (χ1v) is 11.2. The van der Waals surface area contributed by atoms with E-state index in [9.17, 15) is 0 Å². The molecule has 0 spiro atoms. The van der Waals surface area contributed by atoms with E-state index < -0.39 is 0 Å². The van der Waals surface area contributed by atoms with E-state index in [0.717, 1.165) is 41.9 Å². The molecule has 0 amide bonds. The topological polar surface area (TPSA) is 40.2 Å². The molecular formula is C15H15I2NO4S2. The molecule has 0 bridgehead atoms. The maximum absolute atomic E-state index is 5.83. The molecule has 130 valence electrons. The van der Waals surface area contributed by atoms with Gasteiger partial charge in [0, 0.05) is 13.1 Å². The first kappa shape index (κ1) is 17.4. The minimum atomic E-state index is 0.623. The Balaban J connectivity index is 1.51. The molecule has 24 heavy (non-hydrogen) atoms. The molecule has 0 aliphatic carbocycles. The second-order valence-electron chi connectivity index (χ2n) is 5.48. The first-order valence-electron chi connectivity index (χ1n) is 7.45. The van der Waals surface area contributed by atoms with Gasteiger partial charge in [0.2, 0.25) is 0 Å². The number of hydrogen-bond donors (Lipinski definition) is 0. The van der Waals surface area contributed by atoms with Crippen LogP contribution in [0.2, 0.25) is 0 Å². The molecule has 0 saturated heterocycles. The molecule has 0 radical (unpaired) electrons. The van der Waals surface area contributed by atoms with Crippen LogP contribution >= 0.6 is 67.9 Å². The zero-order chi connectivity index (χ0) is 16.7. The lowest BCUT2D eigenvalue weighted by atomic mass is 10.3. The summed E-state index contributed by atoms with van der Waals surface area (Å²) in [6, 6.07) is 0. The van der Waals surface area contributed by atoms with Crippen molar-refractivity contribution in [3.63, 3.8) is 0 Å². The molecule has 0 aromatic carbocycles. The van der Waals surface area contributed by atoms with Crippen LogP contribution in [0.25, 0.3) is 0 Å². The number of halogens is 2. The zero-order valence-electron chi connectivity index (χ0n) is 12.9. The van der Waals surface area contributed by atoms with Crippen LogP contribution in [0, 0.1) is 5.77 Å². The van der Waals surface area contributed by atoms with Gasteiger partial charge in [-0.1, -0.05) is 0 Å². The molecule has 4 heterocycles. The van der Waals surface area contributed by atoms with Gasteiger partial charge in [0.15, 0.2) is 23.0 Å². The summed E-state index contributed by atoms with van der Waals surface area (Å²) < 4.78 is 25.5. The van der Waals surface area contributed by atoms with Crippen LogP contribution in [0.4, 0.5) is 0 Å². The number of nitrogens with zero attached hydrogens (tertiary/aromatic N) is 1. The number of ether oxygens (including phenoxy) is 4. The SMILES string of the molecule is CN(Cc1sc(I)c2c1OCCO2)Cc1sc(I)c2c1OCCO2. The Hall–Kier alpha value is 0.0200. The van der Waals surface area contributed by atoms with Gasteiger partial charge in [-0.25, -0.2) is 0 Å². The fourth-order valence-corrected chi connectivity index (χ4v) is 7.08. The monoisotopic (exact) mass is 591 g/mol. The highest BCUT2D eigenvalue weighted by atomic mass is 127. The largest absolute Gasteiger partial charge is 0.485 e. The second-order valence-corrected chi connectivity index (χ2v) is 11.3. The lowest BCUT2D eigenvalue weighted by Crippen LogP contribution is -2.20. The summed E-state index contributed by atoms with van der Waals surface area (Å²) >= 11 is 8.14. The smallest absolute Gasteiger partial charge is 0.185 e. The van der Waals surface area contributed by atoms with Gasteiger partial charge in [0.1, 0.15) is 32.2 Å². The first-order chi connectivity index (χ1) is 11.6. The summed E-state index contributed by atoms with van der Waals surface area (Å²) in [4.78, 5) is 4.71. The molecule has 0 atom stereocenters. The lowest BCUT2D eigenvalue weighted by Gasteiger charge is -2.20. The van der Waals surface area contributed by atoms with Crippen LogP contribution in [0.5, 0.6) is 23.0 Å². The Bertz CT molecular complexity index is 699. The Kier molecular flexibility index (Phi) is 5.33. The molecule has 0 saturated carbocycles. The van der Waals surface area contributed by atoms with Crippen molar-refractivity contribution in [3.8, 4) is 23.0 Å². The van der Waals surface area contributed by atoms with E-state index in [1.165, 1.54) is 9.75 Å². The molecule has 2 aliphatic heterocycles. The number of hydrogen-bond acceptors (Lipinski definition) is 7. The van der Waals surface area contributed by atoms with E-state index >= 15 is 0 Å². The van der Waals surface area contributed by atoms with Crippen molar-refractivity contribution in [2.24, 2.45) is 0 Å². The molecule has 0 unspecified atom stereocenters. The Morgan fingerprint density at radius 2 is 1.12 bits per heavy atom. The minimum Gasteiger partial charge on any atom is -0.485 e. The quantitative estimate of drug-likeness (QED) is 0.500. The summed E-state index contributed by atoms with van der Waals surface area (Å²) in [6.45, 7) is 4.15. The second kappa shape index (κ2) is 7.33. The van der Waals surface area contributed by atoms with Crippen LogP contribution < -0.4 is 18.9 Å². The van der Waals surface area contributed by atoms with Gasteiger partial charge >= 0.3 is 0 Å². The third kappa shape index (κ3) is 3.33. The minimum absolute atomic E-state index is 0.623. The third-order valence-corrected chi connectivity index (χ3v) is 7.83. The molecular weight excluding hydrogens is 576 g/mol. The predicted molar refractivity (Wildman–Crippen MR) is 111 cm³/mol. The molecule has 2 aromatic heterocycles. The molecule has 0 N–H and O–H groups in total. The Labute approximate surface area is 175 Å². The van der Waals surface area contributed by atoms with E-state index in [0.29, 0.717) is 26.4 Å². The van der Waals surface area contributed by atoms with Gasteiger partial charge in [-0.3, -0.25) is 4.90 Å². The fourth-order valence-electron chi connectivity index (χ4n) is 2.70. The average Bonchev–Trinajstić information content (AvgIpc) is 3.07. The normalized spacial score (nSPS) is 15.8. The number of rotatable bonds is 4. The predicted octanol–water partition coefficient (Wildman–Crippen LogP) is 4.19. The van der Waals surface area contributed by atoms with Crippen LogP contribution in [0.15, 0.2) is 0 Å². The van der Waals surface area contributed by atoms with E-state index in [-0.39, 0.29) is 0 Å². The maximum atomic E-state index is 5.83. The van der Waals surface area contributed by atoms with Gasteiger partial charge in [-0.2, -0.15) is 0 Å². The third-order valence-electron chi connectivity index (χ3n) is 3.68. The molecule has 0 fully saturated rings. The Morgan fingerprint density at radius 1 is 0.750 bits per heavy atom. The highest BCUT2D eigenvalue weighted by molar-refractivity contribution is 14.1. The van der Waals surface area contributed by atoms with Gasteiger partial charge in [-0.05, 0) is 52.2 Å². The van der Waals surface area contributed by atoms with E-state index in [4.69, 9.17) is 18.9 Å². The summed E-state index contributed by atoms with van der Waals surface area (Å²) in [5.74, 6) is 3.67. The highest BCUT2D eigenvalue weighted by Gasteiger charge is 2.26. The van der Waals surface area contributed by atoms with Gasteiger partial charge in [0.05, 0.1) is 9.75 Å². The lowest BCUT2D eigenvalue weighted by molar-refractivity contribution is 0.167. The van der Waals surface area contributed by atoms with Crippen LogP contribution in [0.1, 0.15) is 9.75 Å². The molecule has 5 nitrogen and oxygen atoms in total. The van der Waals surface area contributed by atoms with Crippen molar-refractivity contribution in [2.45, 2.75) is 13.1 Å². The molecule has 4 rings (SSSR count). The maximum Gasteiger partial charge on any atom is 0.185 e. The number of fused-ring (bicyclic) bond motifs is 2. The number of thiophene rings is 2. The molecule has 2 aliphatic rings. The van der Waals surface area contributed by atoms with E-state index in [2.05, 4.69) is 57.1 Å². The molecule has 2 aromatic rings. The van der Waals surface area contributed by atoms with Crippen molar-refractivity contribution in [2.75, 3.05) is 33.5 Å². The zero-order valence-corrected chi connectivity index (χ0v) is 18.8. The van der Waals surface area contributed by atoms with Crippen molar-refractivity contribution in [1.82, 2.24) is 4.90 Å². The van der Waals surface area contributed by atoms with Gasteiger partial charge in [0.25, 0.3) is 0 Å². The summed E-state index contributed by atoms with van der Waals surface area (Å²) in [7, 11) is 2.12. The van der Waals surface area contributed by atoms with E-state index in [1.807, 2.05) is 0 Å². The van der Waals surface area contributed by atoms with Crippen LogP contribution in [-0.4, -0.2) is 38.4 Å². The van der Waals surface area contributed by atoms with Crippen molar-refractivity contribution in [1.29, 1.82) is 0 Å². The van der Waals surface area contributed by atoms with Crippen LogP contribution in [-0.2, 0) is 13.1 Å².